The van der Waals surface area contributed by atoms with Crippen molar-refractivity contribution < 1.29 is 23.8 Å². The quantitative estimate of drug-likeness (QED) is 0.317. The summed E-state index contributed by atoms with van der Waals surface area (Å²) in [5.74, 6) is 0.0694. The second-order valence-electron chi connectivity index (χ2n) is 11.1. The second kappa shape index (κ2) is 9.94. The van der Waals surface area contributed by atoms with Crippen molar-refractivity contribution in [2.75, 3.05) is 19.7 Å². The fourth-order valence-electron chi connectivity index (χ4n) is 6.11. The average molecular weight is 558 g/mol. The van der Waals surface area contributed by atoms with E-state index in [0.29, 0.717) is 41.7 Å². The number of carboxylic acids is 1. The van der Waals surface area contributed by atoms with Crippen LogP contribution in [0.5, 0.6) is 5.88 Å². The lowest BCUT2D eigenvalue weighted by Gasteiger charge is -2.32. The smallest absolute Gasteiger partial charge is 0.372 e. The molecule has 41 heavy (non-hydrogen) atoms. The van der Waals surface area contributed by atoms with Gasteiger partial charge >= 0.3 is 5.97 Å². The highest BCUT2D eigenvalue weighted by Gasteiger charge is 2.58. The fourth-order valence-corrected chi connectivity index (χ4v) is 6.11. The number of halogens is 1. The van der Waals surface area contributed by atoms with Crippen molar-refractivity contribution in [2.45, 2.75) is 50.5 Å². The third-order valence-corrected chi connectivity index (χ3v) is 8.60. The number of nitrogens with zero attached hydrogens (tertiary/aromatic N) is 6. The molecule has 0 spiro atoms. The summed E-state index contributed by atoms with van der Waals surface area (Å²) in [5, 5.41) is 18.3. The number of hydrogen-bond acceptors (Lipinski definition) is 8. The van der Waals surface area contributed by atoms with Gasteiger partial charge in [0.15, 0.2) is 11.3 Å². The minimum absolute atomic E-state index is 0.00868. The fraction of sp³-hybridized carbons (Fsp3) is 0.414. The van der Waals surface area contributed by atoms with Gasteiger partial charge in [0, 0.05) is 30.2 Å². The molecule has 7 rings (SSSR count). The second-order valence-corrected chi connectivity index (χ2v) is 11.1. The van der Waals surface area contributed by atoms with Crippen LogP contribution < -0.4 is 4.74 Å². The maximum absolute atomic E-state index is 14.3. The molecule has 1 aliphatic carbocycles. The minimum Gasteiger partial charge on any atom is -0.475 e. The van der Waals surface area contributed by atoms with Gasteiger partial charge in [-0.05, 0) is 49.9 Å². The van der Waals surface area contributed by atoms with E-state index in [1.807, 2.05) is 22.8 Å². The molecule has 0 radical (unpaired) electrons. The number of aromatic amines is 1. The van der Waals surface area contributed by atoms with Crippen molar-refractivity contribution in [3.63, 3.8) is 0 Å². The molecular formula is C29H28FN7O4. The summed E-state index contributed by atoms with van der Waals surface area (Å²) in [5.41, 5.74) is 2.69. The van der Waals surface area contributed by atoms with Gasteiger partial charge in [-0.3, -0.25) is 4.90 Å². The molecule has 3 aliphatic rings. The van der Waals surface area contributed by atoms with E-state index >= 15 is 0 Å². The summed E-state index contributed by atoms with van der Waals surface area (Å²) in [6.07, 6.45) is 3.03. The number of imidazole rings is 2. The molecule has 2 N–H and O–H groups in total. The van der Waals surface area contributed by atoms with Crippen LogP contribution in [0.15, 0.2) is 36.4 Å². The number of carboxylic acid groups (broad SMARTS) is 1. The van der Waals surface area contributed by atoms with Crippen molar-refractivity contribution in [3.8, 4) is 11.9 Å². The van der Waals surface area contributed by atoms with Crippen LogP contribution >= 0.6 is 0 Å². The van der Waals surface area contributed by atoms with E-state index in [1.165, 1.54) is 6.07 Å². The van der Waals surface area contributed by atoms with E-state index in [2.05, 4.69) is 14.9 Å². The number of likely N-dealkylation sites (tertiary alicyclic amines) is 1. The maximum atomic E-state index is 14.3. The van der Waals surface area contributed by atoms with Gasteiger partial charge in [-0.2, -0.15) is 5.26 Å². The van der Waals surface area contributed by atoms with Crippen LogP contribution in [0.4, 0.5) is 4.39 Å². The topological polar surface area (TPSA) is 142 Å². The molecule has 3 atom stereocenters. The highest BCUT2D eigenvalue weighted by atomic mass is 19.1. The number of carbonyl (C=O) groups is 1. The number of pyridine rings is 1. The Morgan fingerprint density at radius 2 is 2.17 bits per heavy atom. The van der Waals surface area contributed by atoms with Crippen molar-refractivity contribution in [1.29, 1.82) is 5.26 Å². The summed E-state index contributed by atoms with van der Waals surface area (Å²) in [7, 11) is 0. The maximum Gasteiger partial charge on any atom is 0.372 e. The zero-order valence-corrected chi connectivity index (χ0v) is 22.2. The molecule has 2 aliphatic heterocycles. The van der Waals surface area contributed by atoms with Crippen LogP contribution in [-0.2, 0) is 29.8 Å². The Hall–Kier alpha value is -4.34. The Labute approximate surface area is 234 Å². The van der Waals surface area contributed by atoms with Gasteiger partial charge in [0.2, 0.25) is 11.7 Å². The number of rotatable bonds is 9. The molecule has 0 bridgehead atoms. The Bertz CT molecular complexity index is 1690. The molecule has 0 unspecified atom stereocenters. The lowest BCUT2D eigenvalue weighted by atomic mass is 9.91. The minimum atomic E-state index is -1.11. The van der Waals surface area contributed by atoms with E-state index in [0.717, 1.165) is 50.5 Å². The first-order chi connectivity index (χ1) is 19.9. The Kier molecular flexibility index (Phi) is 6.21. The normalized spacial score (nSPS) is 23.5. The molecule has 210 valence electrons. The first kappa shape index (κ1) is 25.6. The van der Waals surface area contributed by atoms with Gasteiger partial charge in [-0.1, -0.05) is 12.1 Å². The van der Waals surface area contributed by atoms with Crippen LogP contribution in [0.2, 0.25) is 0 Å². The van der Waals surface area contributed by atoms with Gasteiger partial charge < -0.3 is 24.1 Å². The highest BCUT2D eigenvalue weighted by Crippen LogP contribution is 2.58. The van der Waals surface area contributed by atoms with Crippen LogP contribution in [-0.4, -0.2) is 66.3 Å². The van der Waals surface area contributed by atoms with E-state index in [1.54, 1.807) is 18.2 Å². The third-order valence-electron chi connectivity index (χ3n) is 8.60. The summed E-state index contributed by atoms with van der Waals surface area (Å²) < 4.78 is 27.7. The molecule has 5 heterocycles. The van der Waals surface area contributed by atoms with E-state index in [9.17, 15) is 14.3 Å². The van der Waals surface area contributed by atoms with Gasteiger partial charge in [0.1, 0.15) is 18.2 Å². The number of aromatic carboxylic acids is 1. The van der Waals surface area contributed by atoms with Crippen LogP contribution in [0.3, 0.4) is 0 Å². The number of hydrogen-bond donors (Lipinski definition) is 2. The number of aromatic nitrogens is 5. The highest BCUT2D eigenvalue weighted by molar-refractivity contribution is 5.87. The summed E-state index contributed by atoms with van der Waals surface area (Å²) in [4.78, 5) is 30.4. The van der Waals surface area contributed by atoms with Crippen LogP contribution in [0, 0.1) is 23.1 Å². The van der Waals surface area contributed by atoms with Gasteiger partial charge in [-0.25, -0.2) is 24.1 Å². The number of ether oxygens (including phenoxy) is 2. The predicted molar refractivity (Wildman–Crippen MR) is 143 cm³/mol. The van der Waals surface area contributed by atoms with Crippen molar-refractivity contribution in [3.05, 3.63) is 70.7 Å². The molecule has 12 heteroatoms. The van der Waals surface area contributed by atoms with Gasteiger partial charge in [0.05, 0.1) is 36.5 Å². The molecular weight excluding hydrogens is 529 g/mol. The van der Waals surface area contributed by atoms with E-state index in [-0.39, 0.29) is 29.5 Å². The zero-order chi connectivity index (χ0) is 28.1. The molecule has 0 amide bonds. The van der Waals surface area contributed by atoms with Crippen molar-refractivity contribution >= 4 is 17.3 Å². The predicted octanol–water partition coefficient (Wildman–Crippen LogP) is 3.39. The molecule has 1 saturated carbocycles. The first-order valence-corrected chi connectivity index (χ1v) is 13.7. The number of nitrogens with one attached hydrogen (secondary N) is 1. The number of benzene rings is 1. The van der Waals surface area contributed by atoms with Crippen molar-refractivity contribution in [1.82, 2.24) is 29.4 Å². The first-order valence-electron chi connectivity index (χ1n) is 13.7. The zero-order valence-electron chi connectivity index (χ0n) is 22.2. The van der Waals surface area contributed by atoms with E-state index in [4.69, 9.17) is 24.7 Å². The molecule has 2 saturated heterocycles. The van der Waals surface area contributed by atoms with Crippen molar-refractivity contribution in [2.24, 2.45) is 5.92 Å². The summed E-state index contributed by atoms with van der Waals surface area (Å²) >= 11 is 0. The molecule has 3 fully saturated rings. The Morgan fingerprint density at radius 1 is 1.29 bits per heavy atom. The number of H-pyrrole nitrogens is 1. The Balaban J connectivity index is 1.03. The van der Waals surface area contributed by atoms with Gasteiger partial charge in [0.25, 0.3) is 0 Å². The molecule has 11 nitrogen and oxygen atoms in total. The Morgan fingerprint density at radius 3 is 2.90 bits per heavy atom. The molecule has 4 aromatic rings. The number of fused-ring (bicyclic) bond motifs is 2. The number of piperidine rings is 1. The van der Waals surface area contributed by atoms with Gasteiger partial charge in [-0.15, -0.1) is 0 Å². The molecule has 1 aromatic carbocycles. The third kappa shape index (κ3) is 4.71. The average Bonchev–Trinajstić information content (AvgIpc) is 3.40. The SMILES string of the molecule is N#Cc1ccc(COc2cccc([C@]34CCN(Cc5nc6[nH]c(C(=O)O)nc6n5C[C@@H]5CCO5)C[C@H]3C4)n2)c(F)c1. The van der Waals surface area contributed by atoms with Crippen LogP contribution in [0.25, 0.3) is 11.3 Å². The van der Waals surface area contributed by atoms with Crippen LogP contribution in [0.1, 0.15) is 52.5 Å². The number of nitriles is 1. The lowest BCUT2D eigenvalue weighted by molar-refractivity contribution is -0.0593. The summed E-state index contributed by atoms with van der Waals surface area (Å²) in [6, 6.07) is 12.0. The standard InChI is InChI=1S/C29H28FN7O4/c30-21-10-17(12-31)4-5-18(21)16-41-24-3-1-2-22(32-24)29-7-8-36(13-19(29)11-29)15-23-33-25-27(35-26(34-25)28(38)39)37(23)14-20-6-9-40-20/h1-5,10,19-20H,6-9,11,13-16H2,(H,34,35)(H,38,39)/t19-,20+,29+/m1/s1. The van der Waals surface area contributed by atoms with E-state index < -0.39 is 11.8 Å². The lowest BCUT2D eigenvalue weighted by Crippen LogP contribution is -2.37. The monoisotopic (exact) mass is 557 g/mol. The summed E-state index contributed by atoms with van der Waals surface area (Å²) in [6.45, 7) is 3.78. The largest absolute Gasteiger partial charge is 0.475 e. The molecule has 3 aromatic heterocycles.